The maximum atomic E-state index is 12.8. The summed E-state index contributed by atoms with van der Waals surface area (Å²) < 4.78 is 5.43. The van der Waals surface area contributed by atoms with Gasteiger partial charge in [0.25, 0.3) is 5.56 Å². The zero-order valence-corrected chi connectivity index (χ0v) is 15.7. The molecule has 1 saturated heterocycles. The highest BCUT2D eigenvalue weighted by Crippen LogP contribution is 2.29. The van der Waals surface area contributed by atoms with Gasteiger partial charge in [-0.2, -0.15) is 0 Å². The SMILES string of the molecule is COc1ccccc1N1CCN(C(=O)Cc2c(C)[nH]c(=O)[nH]c2=O)C(C)C1. The Morgan fingerprint density at radius 3 is 2.63 bits per heavy atom. The van der Waals surface area contributed by atoms with Crippen molar-refractivity contribution in [2.75, 3.05) is 31.6 Å². The van der Waals surface area contributed by atoms with Gasteiger partial charge in [0.2, 0.25) is 5.91 Å². The third-order valence-electron chi connectivity index (χ3n) is 4.96. The fourth-order valence-electron chi connectivity index (χ4n) is 3.53. The number of piperazine rings is 1. The number of amides is 1. The van der Waals surface area contributed by atoms with E-state index in [-0.39, 0.29) is 18.4 Å². The Hall–Kier alpha value is -3.03. The van der Waals surface area contributed by atoms with E-state index in [1.54, 1.807) is 18.9 Å². The molecule has 8 heteroatoms. The Morgan fingerprint density at radius 2 is 1.96 bits per heavy atom. The second-order valence-electron chi connectivity index (χ2n) is 6.74. The van der Waals surface area contributed by atoms with Gasteiger partial charge in [-0.25, -0.2) is 4.79 Å². The summed E-state index contributed by atoms with van der Waals surface area (Å²) in [5.74, 6) is 0.683. The fraction of sp³-hybridized carbons (Fsp3) is 0.421. The van der Waals surface area contributed by atoms with Crippen LogP contribution in [0.15, 0.2) is 33.9 Å². The smallest absolute Gasteiger partial charge is 0.325 e. The Bertz CT molecular complexity index is 949. The summed E-state index contributed by atoms with van der Waals surface area (Å²) in [7, 11) is 1.64. The van der Waals surface area contributed by atoms with Crippen molar-refractivity contribution in [2.45, 2.75) is 26.3 Å². The molecular formula is C19H24N4O4. The number of hydrogen-bond donors (Lipinski definition) is 2. The van der Waals surface area contributed by atoms with Crippen molar-refractivity contribution in [2.24, 2.45) is 0 Å². The highest BCUT2D eigenvalue weighted by Gasteiger charge is 2.29. The first-order valence-electron chi connectivity index (χ1n) is 8.90. The number of ether oxygens (including phenoxy) is 1. The minimum atomic E-state index is -0.563. The molecule has 2 N–H and O–H groups in total. The zero-order chi connectivity index (χ0) is 19.6. The number of H-pyrrole nitrogens is 2. The van der Waals surface area contributed by atoms with Crippen molar-refractivity contribution in [3.8, 4) is 5.75 Å². The van der Waals surface area contributed by atoms with Crippen molar-refractivity contribution in [3.05, 3.63) is 56.4 Å². The number of aryl methyl sites for hydroxylation is 1. The summed E-state index contributed by atoms with van der Waals surface area (Å²) in [6, 6.07) is 7.80. The van der Waals surface area contributed by atoms with E-state index in [9.17, 15) is 14.4 Å². The fourth-order valence-corrected chi connectivity index (χ4v) is 3.53. The lowest BCUT2D eigenvalue weighted by Gasteiger charge is -2.41. The van der Waals surface area contributed by atoms with Gasteiger partial charge in [0.15, 0.2) is 0 Å². The van der Waals surface area contributed by atoms with Crippen LogP contribution in [-0.4, -0.2) is 53.6 Å². The average molecular weight is 372 g/mol. The second-order valence-corrected chi connectivity index (χ2v) is 6.74. The van der Waals surface area contributed by atoms with Gasteiger partial charge in [-0.15, -0.1) is 0 Å². The Kier molecular flexibility index (Phi) is 5.34. The molecule has 1 atom stereocenters. The van der Waals surface area contributed by atoms with Gasteiger partial charge in [0.1, 0.15) is 5.75 Å². The number of hydrogen-bond acceptors (Lipinski definition) is 5. The number of anilines is 1. The van der Waals surface area contributed by atoms with Gasteiger partial charge in [-0.05, 0) is 26.0 Å². The van der Waals surface area contributed by atoms with E-state index >= 15 is 0 Å². The minimum Gasteiger partial charge on any atom is -0.495 e. The summed E-state index contributed by atoms with van der Waals surface area (Å²) in [4.78, 5) is 44.8. The van der Waals surface area contributed by atoms with E-state index in [0.29, 0.717) is 30.9 Å². The van der Waals surface area contributed by atoms with Gasteiger partial charge >= 0.3 is 5.69 Å². The topological polar surface area (TPSA) is 98.5 Å². The molecule has 1 amide bonds. The van der Waals surface area contributed by atoms with Crippen LogP contribution in [0.1, 0.15) is 18.2 Å². The summed E-state index contributed by atoms with van der Waals surface area (Å²) in [5.41, 5.74) is 0.667. The van der Waals surface area contributed by atoms with E-state index in [4.69, 9.17) is 4.74 Å². The number of nitrogens with zero attached hydrogens (tertiary/aromatic N) is 2. The lowest BCUT2D eigenvalue weighted by Crippen LogP contribution is -2.54. The van der Waals surface area contributed by atoms with E-state index in [1.165, 1.54) is 0 Å². The molecule has 1 aromatic carbocycles. The monoisotopic (exact) mass is 372 g/mol. The lowest BCUT2D eigenvalue weighted by atomic mass is 10.1. The van der Waals surface area contributed by atoms with Crippen molar-refractivity contribution >= 4 is 11.6 Å². The molecule has 1 unspecified atom stereocenters. The maximum absolute atomic E-state index is 12.8. The first-order chi connectivity index (χ1) is 12.9. The van der Waals surface area contributed by atoms with E-state index < -0.39 is 11.2 Å². The third kappa shape index (κ3) is 3.89. The van der Waals surface area contributed by atoms with Crippen molar-refractivity contribution in [1.82, 2.24) is 14.9 Å². The Morgan fingerprint density at radius 1 is 1.22 bits per heavy atom. The molecule has 27 heavy (non-hydrogen) atoms. The quantitative estimate of drug-likeness (QED) is 0.822. The molecule has 1 aliphatic heterocycles. The number of aromatic nitrogens is 2. The van der Waals surface area contributed by atoms with Gasteiger partial charge in [0, 0.05) is 36.9 Å². The molecule has 144 valence electrons. The highest BCUT2D eigenvalue weighted by atomic mass is 16.5. The summed E-state index contributed by atoms with van der Waals surface area (Å²) >= 11 is 0. The van der Waals surface area contributed by atoms with Crippen LogP contribution in [0.4, 0.5) is 5.69 Å². The molecular weight excluding hydrogens is 348 g/mol. The maximum Gasteiger partial charge on any atom is 0.325 e. The van der Waals surface area contributed by atoms with E-state index in [2.05, 4.69) is 14.9 Å². The number of nitrogens with one attached hydrogen (secondary N) is 2. The number of methoxy groups -OCH3 is 1. The van der Waals surface area contributed by atoms with Crippen LogP contribution in [0.5, 0.6) is 5.75 Å². The van der Waals surface area contributed by atoms with Crippen molar-refractivity contribution in [3.63, 3.8) is 0 Å². The summed E-state index contributed by atoms with van der Waals surface area (Å²) in [6.45, 7) is 5.52. The van der Waals surface area contributed by atoms with Crippen LogP contribution in [0, 0.1) is 6.92 Å². The van der Waals surface area contributed by atoms with Gasteiger partial charge in [-0.3, -0.25) is 14.6 Å². The van der Waals surface area contributed by atoms with Crippen molar-refractivity contribution < 1.29 is 9.53 Å². The molecule has 3 rings (SSSR count). The van der Waals surface area contributed by atoms with Crippen molar-refractivity contribution in [1.29, 1.82) is 0 Å². The Labute approximate surface area is 156 Å². The van der Waals surface area contributed by atoms with Crippen LogP contribution in [0.2, 0.25) is 0 Å². The van der Waals surface area contributed by atoms with Gasteiger partial charge in [-0.1, -0.05) is 12.1 Å². The first-order valence-corrected chi connectivity index (χ1v) is 8.90. The van der Waals surface area contributed by atoms with Crippen LogP contribution < -0.4 is 20.9 Å². The predicted molar refractivity (Wildman–Crippen MR) is 103 cm³/mol. The second kappa shape index (κ2) is 7.69. The number of aromatic amines is 2. The molecule has 1 aromatic heterocycles. The summed E-state index contributed by atoms with van der Waals surface area (Å²) in [6.07, 6.45) is -0.0308. The van der Waals surface area contributed by atoms with E-state index in [0.717, 1.165) is 11.4 Å². The Balaban J connectivity index is 1.72. The largest absolute Gasteiger partial charge is 0.495 e. The molecule has 0 spiro atoms. The number of para-hydroxylation sites is 2. The molecule has 8 nitrogen and oxygen atoms in total. The third-order valence-corrected chi connectivity index (χ3v) is 4.96. The molecule has 0 saturated carbocycles. The average Bonchev–Trinajstić information content (AvgIpc) is 2.64. The molecule has 0 radical (unpaired) electrons. The molecule has 2 heterocycles. The number of carbonyl (C=O) groups is 1. The van der Waals surface area contributed by atoms with Gasteiger partial charge in [0.05, 0.1) is 19.2 Å². The summed E-state index contributed by atoms with van der Waals surface area (Å²) in [5, 5.41) is 0. The predicted octanol–water partition coefficient (Wildman–Crippen LogP) is 0.660. The normalized spacial score (nSPS) is 17.1. The van der Waals surface area contributed by atoms with E-state index in [1.807, 2.05) is 31.2 Å². The van der Waals surface area contributed by atoms with Gasteiger partial charge < -0.3 is 19.5 Å². The number of rotatable bonds is 4. The lowest BCUT2D eigenvalue weighted by molar-refractivity contribution is -0.132. The molecule has 2 aromatic rings. The number of carbonyl (C=O) groups excluding carboxylic acids is 1. The minimum absolute atomic E-state index is 0.0155. The van der Waals surface area contributed by atoms with Crippen LogP contribution >= 0.6 is 0 Å². The van der Waals surface area contributed by atoms with Crippen LogP contribution in [0.25, 0.3) is 0 Å². The first kappa shape index (κ1) is 18.8. The standard InChI is InChI=1S/C19H24N4O4/c1-12-11-22(15-6-4-5-7-16(15)27-3)8-9-23(12)17(24)10-14-13(2)20-19(26)21-18(14)25/h4-7,12H,8-11H2,1-3H3,(H2,20,21,25,26). The molecule has 0 aliphatic carbocycles. The number of benzene rings is 1. The molecule has 0 bridgehead atoms. The van der Waals surface area contributed by atoms with Crippen LogP contribution in [-0.2, 0) is 11.2 Å². The zero-order valence-electron chi connectivity index (χ0n) is 15.7. The molecule has 1 fully saturated rings. The van der Waals surface area contributed by atoms with Crippen LogP contribution in [0.3, 0.4) is 0 Å². The molecule has 1 aliphatic rings. The highest BCUT2D eigenvalue weighted by molar-refractivity contribution is 5.79.